The molecule has 0 unspecified atom stereocenters. The van der Waals surface area contributed by atoms with Crippen molar-refractivity contribution in [2.24, 2.45) is 0 Å². The van der Waals surface area contributed by atoms with E-state index in [1.54, 1.807) is 0 Å². The normalized spacial score (nSPS) is 7.54. The fourth-order valence-electron chi connectivity index (χ4n) is 0.752. The van der Waals surface area contributed by atoms with Crippen molar-refractivity contribution in [1.82, 2.24) is 15.4 Å². The van der Waals surface area contributed by atoms with Gasteiger partial charge in [-0.1, -0.05) is 38.1 Å². The van der Waals surface area contributed by atoms with Crippen LogP contribution in [-0.2, 0) is 32.7 Å². The molecule has 13 heavy (non-hydrogen) atoms. The molecule has 0 N–H and O–H groups in total. The van der Waals surface area contributed by atoms with Crippen LogP contribution in [0.25, 0.3) is 11.0 Å². The van der Waals surface area contributed by atoms with E-state index in [-0.39, 0.29) is 40.1 Å². The van der Waals surface area contributed by atoms with E-state index in [2.05, 4.69) is 15.4 Å². The van der Waals surface area contributed by atoms with E-state index >= 15 is 0 Å². The molecule has 2 rings (SSSR count). The average Bonchev–Trinajstić information content (AvgIpc) is 2.55. The standard InChI is InChI=1S/C6H4N3.C2H6.CH3.Y/c1-2-4-6-5(3-1)7-9-8-6;1-2;;/h1-4H;1-2H3;1H3;/q-1;;-1;. The molecule has 0 aliphatic rings. The third-order valence-electron chi connectivity index (χ3n) is 1.19. The molecule has 0 aliphatic carbocycles. The van der Waals surface area contributed by atoms with Crippen LogP contribution in [0.5, 0.6) is 0 Å². The van der Waals surface area contributed by atoms with Gasteiger partial charge in [-0.3, -0.25) is 5.21 Å². The first kappa shape index (κ1) is 15.2. The molecular weight excluding hydrogens is 239 g/mol. The maximum atomic E-state index is 3.76. The number of hydrogen-bond acceptors (Lipinski definition) is 2. The number of hydrogen-bond donors (Lipinski definition) is 0. The molecule has 69 valence electrons. The minimum absolute atomic E-state index is 0. The number of nitrogens with zero attached hydrogens (tertiary/aromatic N) is 3. The Labute approximate surface area is 104 Å². The van der Waals surface area contributed by atoms with E-state index in [0.29, 0.717) is 0 Å². The molecule has 1 heterocycles. The van der Waals surface area contributed by atoms with Crippen molar-refractivity contribution in [3.8, 4) is 0 Å². The molecule has 0 fully saturated rings. The summed E-state index contributed by atoms with van der Waals surface area (Å²) in [6, 6.07) is 7.60. The van der Waals surface area contributed by atoms with Crippen LogP contribution in [0.2, 0.25) is 0 Å². The molecule has 1 aromatic heterocycles. The van der Waals surface area contributed by atoms with Gasteiger partial charge in [-0.25, -0.2) is 0 Å². The minimum atomic E-state index is 0. The molecular formula is C9H13N3Y-2. The quantitative estimate of drug-likeness (QED) is 0.674. The predicted octanol–water partition coefficient (Wildman–Crippen LogP) is 2.06. The molecule has 0 saturated heterocycles. The van der Waals surface area contributed by atoms with E-state index in [1.807, 2.05) is 38.1 Å². The monoisotopic (exact) mass is 252 g/mol. The fraction of sp³-hybridized carbons (Fsp3) is 0.222. The minimum Gasteiger partial charge on any atom is -0.358 e. The van der Waals surface area contributed by atoms with Crippen molar-refractivity contribution in [3.63, 3.8) is 0 Å². The molecule has 1 aromatic carbocycles. The molecule has 0 bridgehead atoms. The zero-order valence-electron chi connectivity index (χ0n) is 8.23. The second-order valence-electron chi connectivity index (χ2n) is 1.78. The second kappa shape index (κ2) is 8.33. The van der Waals surface area contributed by atoms with Crippen molar-refractivity contribution in [2.45, 2.75) is 13.8 Å². The summed E-state index contributed by atoms with van der Waals surface area (Å²) in [5.41, 5.74) is 1.72. The second-order valence-corrected chi connectivity index (χ2v) is 1.78. The molecule has 0 saturated carbocycles. The molecule has 3 nitrogen and oxygen atoms in total. The Morgan fingerprint density at radius 1 is 1.15 bits per heavy atom. The molecule has 0 amide bonds. The van der Waals surface area contributed by atoms with Gasteiger partial charge in [-0.2, -0.15) is 0 Å². The van der Waals surface area contributed by atoms with Crippen LogP contribution in [-0.4, -0.2) is 10.3 Å². The van der Waals surface area contributed by atoms with E-state index in [9.17, 15) is 0 Å². The Bertz CT molecular complexity index is 289. The van der Waals surface area contributed by atoms with Crippen LogP contribution in [0.15, 0.2) is 24.3 Å². The summed E-state index contributed by atoms with van der Waals surface area (Å²) in [6.07, 6.45) is 0. The van der Waals surface area contributed by atoms with Crippen molar-refractivity contribution in [3.05, 3.63) is 31.7 Å². The van der Waals surface area contributed by atoms with Gasteiger partial charge in [0.15, 0.2) is 0 Å². The molecule has 0 spiro atoms. The van der Waals surface area contributed by atoms with Crippen molar-refractivity contribution >= 4 is 11.0 Å². The van der Waals surface area contributed by atoms with Crippen LogP contribution < -0.4 is 5.10 Å². The summed E-state index contributed by atoms with van der Waals surface area (Å²) in [5, 5.41) is 11.0. The van der Waals surface area contributed by atoms with E-state index in [0.717, 1.165) is 11.0 Å². The Morgan fingerprint density at radius 2 is 1.77 bits per heavy atom. The van der Waals surface area contributed by atoms with Crippen LogP contribution >= 0.6 is 0 Å². The summed E-state index contributed by atoms with van der Waals surface area (Å²) in [6.45, 7) is 4.00. The average molecular weight is 252 g/mol. The van der Waals surface area contributed by atoms with E-state index in [4.69, 9.17) is 0 Å². The summed E-state index contributed by atoms with van der Waals surface area (Å²) in [4.78, 5) is 0. The fourth-order valence-corrected chi connectivity index (χ4v) is 0.752. The van der Waals surface area contributed by atoms with Gasteiger partial charge in [0, 0.05) is 32.7 Å². The topological polar surface area (TPSA) is 39.9 Å². The van der Waals surface area contributed by atoms with Gasteiger partial charge in [0.1, 0.15) is 0 Å². The maximum absolute atomic E-state index is 3.76. The Balaban J connectivity index is 0. The largest absolute Gasteiger partial charge is 0.358 e. The van der Waals surface area contributed by atoms with Crippen molar-refractivity contribution in [1.29, 1.82) is 0 Å². The predicted molar refractivity (Wildman–Crippen MR) is 50.6 cm³/mol. The number of aromatic nitrogens is 3. The Hall–Kier alpha value is -0.276. The van der Waals surface area contributed by atoms with Gasteiger partial charge in [0.25, 0.3) is 0 Å². The molecule has 0 aliphatic heterocycles. The Kier molecular flexibility index (Phi) is 9.74. The maximum Gasteiger partial charge on any atom is 0 e. The third-order valence-corrected chi connectivity index (χ3v) is 1.19. The van der Waals surface area contributed by atoms with Gasteiger partial charge < -0.3 is 17.6 Å². The van der Waals surface area contributed by atoms with Crippen LogP contribution in [0.4, 0.5) is 0 Å². The van der Waals surface area contributed by atoms with E-state index < -0.39 is 0 Å². The first-order chi connectivity index (χ1) is 5.47. The van der Waals surface area contributed by atoms with Crippen molar-refractivity contribution < 1.29 is 32.7 Å². The third kappa shape index (κ3) is 3.96. The summed E-state index contributed by atoms with van der Waals surface area (Å²) in [7, 11) is 0. The van der Waals surface area contributed by atoms with Gasteiger partial charge in [0.2, 0.25) is 0 Å². The summed E-state index contributed by atoms with van der Waals surface area (Å²) in [5.74, 6) is 0. The Morgan fingerprint density at radius 3 is 2.38 bits per heavy atom. The van der Waals surface area contributed by atoms with Gasteiger partial charge in [-0.05, 0) is 11.0 Å². The van der Waals surface area contributed by atoms with Gasteiger partial charge in [0.05, 0.1) is 0 Å². The number of rotatable bonds is 0. The summed E-state index contributed by atoms with van der Waals surface area (Å²) < 4.78 is 0. The van der Waals surface area contributed by atoms with Gasteiger partial charge >= 0.3 is 0 Å². The van der Waals surface area contributed by atoms with Crippen LogP contribution in [0.1, 0.15) is 13.8 Å². The van der Waals surface area contributed by atoms with Crippen molar-refractivity contribution in [2.75, 3.05) is 0 Å². The zero-order chi connectivity index (χ0) is 8.10. The molecule has 1 radical (unpaired) electrons. The summed E-state index contributed by atoms with van der Waals surface area (Å²) >= 11 is 0. The SMILES string of the molecule is CC.[CH3-].[Y].c1ccc2[n-]nnc2c1. The number of fused-ring (bicyclic) bond motifs is 1. The molecule has 0 atom stereocenters. The first-order valence-electron chi connectivity index (χ1n) is 3.67. The number of benzene rings is 1. The molecule has 2 aromatic rings. The smallest absolute Gasteiger partial charge is 0 e. The molecule has 4 heteroatoms. The zero-order valence-corrected chi connectivity index (χ0v) is 11.1. The first-order valence-corrected chi connectivity index (χ1v) is 3.67. The van der Waals surface area contributed by atoms with Gasteiger partial charge in [-0.15, -0.1) is 0 Å². The van der Waals surface area contributed by atoms with Crippen LogP contribution in [0, 0.1) is 7.43 Å². The van der Waals surface area contributed by atoms with Crippen LogP contribution in [0.3, 0.4) is 0 Å². The van der Waals surface area contributed by atoms with E-state index in [1.165, 1.54) is 0 Å².